The molecule has 1 unspecified atom stereocenters. The van der Waals surface area contributed by atoms with Gasteiger partial charge in [0.25, 0.3) is 0 Å². The Labute approximate surface area is 113 Å². The Morgan fingerprint density at radius 3 is 2.05 bits per heavy atom. The molecule has 0 aromatic heterocycles. The Morgan fingerprint density at radius 1 is 0.947 bits per heavy atom. The molecule has 1 aliphatic rings. The van der Waals surface area contributed by atoms with Crippen LogP contribution in [-0.2, 0) is 5.41 Å². The van der Waals surface area contributed by atoms with Gasteiger partial charge in [-0.2, -0.15) is 0 Å². The summed E-state index contributed by atoms with van der Waals surface area (Å²) in [5.41, 5.74) is 1.20. The summed E-state index contributed by atoms with van der Waals surface area (Å²) < 4.78 is 5.76. The summed E-state index contributed by atoms with van der Waals surface area (Å²) >= 11 is 0. The summed E-state index contributed by atoms with van der Waals surface area (Å²) in [7, 11) is 0. The molecule has 2 heteroatoms. The van der Waals surface area contributed by atoms with Crippen LogP contribution >= 0.6 is 0 Å². The van der Waals surface area contributed by atoms with Crippen LogP contribution in [0.4, 0.5) is 0 Å². The summed E-state index contributed by atoms with van der Waals surface area (Å²) in [6, 6.07) is 17.8. The zero-order valence-electron chi connectivity index (χ0n) is 11.0. The number of aliphatic hydroxyl groups excluding tert-OH is 1. The molecule has 3 rings (SSSR count). The first-order chi connectivity index (χ1) is 9.21. The van der Waals surface area contributed by atoms with Crippen molar-refractivity contribution < 1.29 is 9.84 Å². The Balaban J connectivity index is 1.77. The molecule has 19 heavy (non-hydrogen) atoms. The van der Waals surface area contributed by atoms with Crippen LogP contribution in [0.3, 0.4) is 0 Å². The van der Waals surface area contributed by atoms with Crippen LogP contribution in [-0.4, -0.2) is 11.2 Å². The molecular weight excluding hydrogens is 236 g/mol. The van der Waals surface area contributed by atoms with E-state index in [2.05, 4.69) is 12.1 Å². The minimum absolute atomic E-state index is 0.00865. The third-order valence-electron chi connectivity index (χ3n) is 4.00. The summed E-state index contributed by atoms with van der Waals surface area (Å²) in [6.45, 7) is 1.88. The summed E-state index contributed by atoms with van der Waals surface area (Å²) in [5, 5.41) is 9.87. The van der Waals surface area contributed by atoms with E-state index in [1.165, 1.54) is 5.56 Å². The fraction of sp³-hybridized carbons (Fsp3) is 0.294. The molecular formula is C17H18O2. The fourth-order valence-corrected chi connectivity index (χ4v) is 2.56. The average Bonchev–Trinajstić information content (AvgIpc) is 3.22. The lowest BCUT2D eigenvalue weighted by Gasteiger charge is -2.19. The van der Waals surface area contributed by atoms with Gasteiger partial charge in [0.05, 0.1) is 6.10 Å². The molecule has 0 bridgehead atoms. The van der Waals surface area contributed by atoms with Crippen molar-refractivity contribution in [2.24, 2.45) is 0 Å². The number of hydrogen-bond donors (Lipinski definition) is 1. The van der Waals surface area contributed by atoms with Crippen molar-refractivity contribution >= 4 is 0 Å². The van der Waals surface area contributed by atoms with Gasteiger partial charge in [-0.25, -0.2) is 0 Å². The molecule has 0 radical (unpaired) electrons. The lowest BCUT2D eigenvalue weighted by molar-refractivity contribution is 0.150. The monoisotopic (exact) mass is 254 g/mol. The van der Waals surface area contributed by atoms with E-state index in [0.29, 0.717) is 0 Å². The van der Waals surface area contributed by atoms with Crippen LogP contribution < -0.4 is 4.74 Å². The molecule has 1 aliphatic carbocycles. The maximum atomic E-state index is 9.87. The number of rotatable bonds is 4. The minimum atomic E-state index is -0.284. The summed E-state index contributed by atoms with van der Waals surface area (Å²) in [4.78, 5) is 0. The van der Waals surface area contributed by atoms with Gasteiger partial charge in [0, 0.05) is 5.41 Å². The zero-order chi connectivity index (χ0) is 13.3. The molecule has 1 N–H and O–H groups in total. The highest BCUT2D eigenvalue weighted by Gasteiger charge is 2.48. The van der Waals surface area contributed by atoms with E-state index in [1.54, 1.807) is 0 Å². The molecule has 1 fully saturated rings. The zero-order valence-corrected chi connectivity index (χ0v) is 11.0. The van der Waals surface area contributed by atoms with Crippen molar-refractivity contribution in [3.05, 3.63) is 60.2 Å². The van der Waals surface area contributed by atoms with Crippen molar-refractivity contribution in [1.29, 1.82) is 0 Å². The van der Waals surface area contributed by atoms with Gasteiger partial charge in [-0.3, -0.25) is 0 Å². The van der Waals surface area contributed by atoms with Gasteiger partial charge in [0.1, 0.15) is 11.5 Å². The molecule has 2 nitrogen and oxygen atoms in total. The predicted octanol–water partition coefficient (Wildman–Crippen LogP) is 3.89. The quantitative estimate of drug-likeness (QED) is 0.897. The van der Waals surface area contributed by atoms with Crippen LogP contribution in [0.1, 0.15) is 25.3 Å². The van der Waals surface area contributed by atoms with Crippen molar-refractivity contribution in [1.82, 2.24) is 0 Å². The Bertz CT molecular complexity index is 539. The van der Waals surface area contributed by atoms with E-state index in [-0.39, 0.29) is 11.5 Å². The molecule has 0 spiro atoms. The van der Waals surface area contributed by atoms with Gasteiger partial charge >= 0.3 is 0 Å². The smallest absolute Gasteiger partial charge is 0.127 e. The van der Waals surface area contributed by atoms with Gasteiger partial charge in [0.15, 0.2) is 0 Å². The van der Waals surface area contributed by atoms with Gasteiger partial charge in [-0.1, -0.05) is 30.3 Å². The fourth-order valence-electron chi connectivity index (χ4n) is 2.56. The van der Waals surface area contributed by atoms with Crippen molar-refractivity contribution in [2.45, 2.75) is 31.3 Å². The van der Waals surface area contributed by atoms with E-state index in [9.17, 15) is 5.11 Å². The number of ether oxygens (including phenoxy) is 1. The highest BCUT2D eigenvalue weighted by atomic mass is 16.5. The van der Waals surface area contributed by atoms with Crippen LogP contribution in [0.5, 0.6) is 11.5 Å². The molecule has 0 aliphatic heterocycles. The number of aliphatic hydroxyl groups is 1. The SMILES string of the molecule is CC(O)C1(c2ccc(Oc3ccccc3)cc2)CC1. The Kier molecular flexibility index (Phi) is 3.03. The second kappa shape index (κ2) is 4.71. The average molecular weight is 254 g/mol. The molecule has 0 heterocycles. The molecule has 2 aromatic rings. The molecule has 0 amide bonds. The first-order valence-electron chi connectivity index (χ1n) is 6.72. The molecule has 98 valence electrons. The maximum absolute atomic E-state index is 9.87. The predicted molar refractivity (Wildman–Crippen MR) is 75.6 cm³/mol. The van der Waals surface area contributed by atoms with E-state index >= 15 is 0 Å². The molecule has 2 aromatic carbocycles. The standard InChI is InChI=1S/C17H18O2/c1-13(18)17(11-12-17)14-7-9-16(10-8-14)19-15-5-3-2-4-6-15/h2-10,13,18H,11-12H2,1H3. The van der Waals surface area contributed by atoms with Gasteiger partial charge in [-0.05, 0) is 49.6 Å². The minimum Gasteiger partial charge on any atom is -0.457 e. The topological polar surface area (TPSA) is 29.5 Å². The van der Waals surface area contributed by atoms with Crippen LogP contribution in [0, 0.1) is 0 Å². The normalized spacial score (nSPS) is 17.8. The summed E-state index contributed by atoms with van der Waals surface area (Å²) in [5.74, 6) is 1.67. The lowest BCUT2D eigenvalue weighted by atomic mass is 9.91. The third-order valence-corrected chi connectivity index (χ3v) is 4.00. The number of para-hydroxylation sites is 1. The summed E-state index contributed by atoms with van der Waals surface area (Å²) in [6.07, 6.45) is 1.86. The van der Waals surface area contributed by atoms with Gasteiger partial charge in [0.2, 0.25) is 0 Å². The largest absolute Gasteiger partial charge is 0.457 e. The molecule has 1 atom stereocenters. The molecule has 0 saturated heterocycles. The van der Waals surface area contributed by atoms with Crippen LogP contribution in [0.25, 0.3) is 0 Å². The lowest BCUT2D eigenvalue weighted by Crippen LogP contribution is -2.22. The van der Waals surface area contributed by atoms with Crippen LogP contribution in [0.15, 0.2) is 54.6 Å². The second-order valence-corrected chi connectivity index (χ2v) is 5.27. The Morgan fingerprint density at radius 2 is 1.53 bits per heavy atom. The first-order valence-corrected chi connectivity index (χ1v) is 6.72. The third kappa shape index (κ3) is 2.36. The van der Waals surface area contributed by atoms with Crippen molar-refractivity contribution in [3.8, 4) is 11.5 Å². The maximum Gasteiger partial charge on any atom is 0.127 e. The van der Waals surface area contributed by atoms with Crippen LogP contribution in [0.2, 0.25) is 0 Å². The molecule has 1 saturated carbocycles. The van der Waals surface area contributed by atoms with E-state index < -0.39 is 0 Å². The van der Waals surface area contributed by atoms with Crippen molar-refractivity contribution in [3.63, 3.8) is 0 Å². The van der Waals surface area contributed by atoms with Gasteiger partial charge < -0.3 is 9.84 Å². The Hall–Kier alpha value is -1.80. The highest BCUT2D eigenvalue weighted by Crippen LogP contribution is 2.51. The van der Waals surface area contributed by atoms with E-state index in [0.717, 1.165) is 24.3 Å². The van der Waals surface area contributed by atoms with Gasteiger partial charge in [-0.15, -0.1) is 0 Å². The van der Waals surface area contributed by atoms with E-state index in [4.69, 9.17) is 4.74 Å². The highest BCUT2D eigenvalue weighted by molar-refractivity contribution is 5.39. The van der Waals surface area contributed by atoms with E-state index in [1.807, 2.05) is 49.4 Å². The van der Waals surface area contributed by atoms with Crippen molar-refractivity contribution in [2.75, 3.05) is 0 Å². The second-order valence-electron chi connectivity index (χ2n) is 5.27. The number of hydrogen-bond acceptors (Lipinski definition) is 2. The number of benzene rings is 2. The first kappa shape index (κ1) is 12.2.